The Morgan fingerprint density at radius 1 is 0.390 bits per heavy atom. The van der Waals surface area contributed by atoms with Crippen molar-refractivity contribution in [2.24, 2.45) is 0 Å². The van der Waals surface area contributed by atoms with Crippen LogP contribution in [0.3, 0.4) is 0 Å². The van der Waals surface area contributed by atoms with Crippen LogP contribution in [-0.2, 0) is 0 Å². The maximum absolute atomic E-state index is 6.73. The van der Waals surface area contributed by atoms with Crippen molar-refractivity contribution in [1.29, 1.82) is 0 Å². The molecule has 41 heavy (non-hydrogen) atoms. The predicted octanol–water partition coefficient (Wildman–Crippen LogP) is 10.2. The third-order valence-electron chi connectivity index (χ3n) is 9.10. The van der Waals surface area contributed by atoms with Gasteiger partial charge in [-0.3, -0.25) is 0 Å². The van der Waals surface area contributed by atoms with E-state index >= 15 is 0 Å². The summed E-state index contributed by atoms with van der Waals surface area (Å²) >= 11 is 0. The van der Waals surface area contributed by atoms with Crippen LogP contribution in [0.5, 0.6) is 0 Å². The van der Waals surface area contributed by atoms with Crippen LogP contribution in [-0.4, -0.2) is 7.85 Å². The Bertz CT molecular complexity index is 2050. The second-order valence-electron chi connectivity index (χ2n) is 11.2. The Morgan fingerprint density at radius 2 is 0.902 bits per heavy atom. The van der Waals surface area contributed by atoms with E-state index in [9.17, 15) is 0 Å². The molecule has 1 heteroatoms. The monoisotopic (exact) mass is 522 g/mol. The highest BCUT2D eigenvalue weighted by Gasteiger charge is 2.22. The minimum atomic E-state index is 0.891. The van der Waals surface area contributed by atoms with Crippen molar-refractivity contribution < 1.29 is 0 Å². The summed E-state index contributed by atoms with van der Waals surface area (Å²) in [5, 5.41) is 7.53. The number of benzene rings is 7. The molecule has 0 aliphatic heterocycles. The van der Waals surface area contributed by atoms with E-state index in [4.69, 9.17) is 7.85 Å². The summed E-state index contributed by atoms with van der Waals surface area (Å²) in [4.78, 5) is 0. The number of rotatable bonds is 3. The lowest BCUT2D eigenvalue weighted by Crippen LogP contribution is -2.16. The molecule has 0 heterocycles. The Labute approximate surface area is 243 Å². The molecule has 7 rings (SSSR count). The van der Waals surface area contributed by atoms with Crippen LogP contribution in [0.25, 0.3) is 65.7 Å². The first kappa shape index (κ1) is 25.4. The average molecular weight is 523 g/mol. The second-order valence-corrected chi connectivity index (χ2v) is 11.2. The zero-order valence-electron chi connectivity index (χ0n) is 24.0. The minimum Gasteiger partial charge on any atom is -0.0901 e. The Kier molecular flexibility index (Phi) is 6.05. The molecule has 0 unspecified atom stereocenters. The van der Waals surface area contributed by atoms with E-state index in [1.807, 2.05) is 0 Å². The van der Waals surface area contributed by atoms with E-state index in [0.717, 1.165) is 11.0 Å². The molecule has 0 amide bonds. The van der Waals surface area contributed by atoms with Crippen LogP contribution in [0.4, 0.5) is 0 Å². The molecule has 0 aliphatic carbocycles. The lowest BCUT2D eigenvalue weighted by atomic mass is 9.76. The quantitative estimate of drug-likeness (QED) is 0.160. The van der Waals surface area contributed by atoms with Gasteiger partial charge in [0.05, 0.1) is 0 Å². The third-order valence-corrected chi connectivity index (χ3v) is 9.10. The van der Waals surface area contributed by atoms with Crippen molar-refractivity contribution in [1.82, 2.24) is 0 Å². The van der Waals surface area contributed by atoms with E-state index in [-0.39, 0.29) is 0 Å². The molecule has 0 saturated heterocycles. The van der Waals surface area contributed by atoms with Gasteiger partial charge in [0.2, 0.25) is 0 Å². The number of hydrogen-bond donors (Lipinski definition) is 0. The lowest BCUT2D eigenvalue weighted by molar-refractivity contribution is 1.26. The molecular formula is C40H31B. The average Bonchev–Trinajstić information content (AvgIpc) is 3.02. The van der Waals surface area contributed by atoms with Gasteiger partial charge < -0.3 is 0 Å². The van der Waals surface area contributed by atoms with Crippen LogP contribution in [0, 0.1) is 27.7 Å². The standard InChI is InChI=1S/C40H31B/c1-24-25(2)37(27(4)40(41)26(24)3)39-34-20-12-10-18-32(34)38(33-19-11-13-21-35(33)39)36-23-30(28-14-6-5-7-15-28)22-29-16-8-9-17-31(29)36/h5-23H,1-4H3. The molecule has 0 nitrogen and oxygen atoms in total. The molecule has 0 N–H and O–H groups in total. The maximum atomic E-state index is 6.73. The van der Waals surface area contributed by atoms with Crippen molar-refractivity contribution >= 4 is 45.6 Å². The molecule has 0 fully saturated rings. The van der Waals surface area contributed by atoms with Gasteiger partial charge in [-0.1, -0.05) is 114 Å². The Balaban J connectivity index is 1.68. The van der Waals surface area contributed by atoms with Gasteiger partial charge in [-0.05, 0) is 122 Å². The van der Waals surface area contributed by atoms with Gasteiger partial charge in [-0.15, -0.1) is 0 Å². The van der Waals surface area contributed by atoms with Crippen LogP contribution < -0.4 is 5.46 Å². The first-order valence-corrected chi connectivity index (χ1v) is 14.3. The highest BCUT2D eigenvalue weighted by Crippen LogP contribution is 2.47. The first-order valence-electron chi connectivity index (χ1n) is 14.3. The molecule has 0 bridgehead atoms. The van der Waals surface area contributed by atoms with E-state index in [2.05, 4.69) is 143 Å². The zero-order valence-corrected chi connectivity index (χ0v) is 24.0. The van der Waals surface area contributed by atoms with Crippen molar-refractivity contribution in [3.05, 3.63) is 138 Å². The van der Waals surface area contributed by atoms with E-state index in [0.29, 0.717) is 0 Å². The first-order chi connectivity index (χ1) is 20.0. The fraction of sp³-hybridized carbons (Fsp3) is 0.100. The van der Waals surface area contributed by atoms with Gasteiger partial charge in [-0.25, -0.2) is 0 Å². The van der Waals surface area contributed by atoms with Crippen molar-refractivity contribution in [3.63, 3.8) is 0 Å². The van der Waals surface area contributed by atoms with Crippen LogP contribution >= 0.6 is 0 Å². The van der Waals surface area contributed by atoms with Crippen LogP contribution in [0.1, 0.15) is 22.3 Å². The van der Waals surface area contributed by atoms with Gasteiger partial charge >= 0.3 is 0 Å². The molecule has 2 radical (unpaired) electrons. The molecule has 7 aromatic rings. The summed E-state index contributed by atoms with van der Waals surface area (Å²) in [6, 6.07) is 42.0. The van der Waals surface area contributed by atoms with Crippen molar-refractivity contribution in [2.45, 2.75) is 27.7 Å². The highest BCUT2D eigenvalue weighted by molar-refractivity contribution is 6.35. The summed E-state index contributed by atoms with van der Waals surface area (Å²) in [6.07, 6.45) is 0. The molecule has 7 aromatic carbocycles. The molecule has 0 aromatic heterocycles. The summed E-state index contributed by atoms with van der Waals surface area (Å²) < 4.78 is 0. The SMILES string of the molecule is [B]c1c(C)c(C)c(C)c(-c2c3ccccc3c(-c3cc(-c4ccccc4)cc4ccccc34)c3ccccc23)c1C. The summed E-state index contributed by atoms with van der Waals surface area (Å²) in [6.45, 7) is 8.76. The van der Waals surface area contributed by atoms with Gasteiger partial charge in [0.15, 0.2) is 0 Å². The number of fused-ring (bicyclic) bond motifs is 3. The number of hydrogen-bond acceptors (Lipinski definition) is 0. The van der Waals surface area contributed by atoms with Crippen molar-refractivity contribution in [2.75, 3.05) is 0 Å². The summed E-state index contributed by atoms with van der Waals surface area (Å²) in [5.74, 6) is 0. The molecular weight excluding hydrogens is 491 g/mol. The van der Waals surface area contributed by atoms with Crippen molar-refractivity contribution in [3.8, 4) is 33.4 Å². The molecule has 0 aliphatic rings. The van der Waals surface area contributed by atoms with Gasteiger partial charge in [0.1, 0.15) is 7.85 Å². The fourth-order valence-electron chi connectivity index (χ4n) is 6.75. The molecule has 0 spiro atoms. The van der Waals surface area contributed by atoms with Gasteiger partial charge in [0.25, 0.3) is 0 Å². The summed E-state index contributed by atoms with van der Waals surface area (Å²) in [7, 11) is 6.73. The van der Waals surface area contributed by atoms with E-state index in [1.165, 1.54) is 82.4 Å². The molecule has 0 atom stereocenters. The Hall–Kier alpha value is -4.62. The predicted molar refractivity (Wildman–Crippen MR) is 180 cm³/mol. The fourth-order valence-corrected chi connectivity index (χ4v) is 6.75. The highest BCUT2D eigenvalue weighted by atomic mass is 14.2. The summed E-state index contributed by atoms with van der Waals surface area (Å²) in [5.41, 5.74) is 13.3. The normalized spacial score (nSPS) is 11.5. The third kappa shape index (κ3) is 3.91. The van der Waals surface area contributed by atoms with Gasteiger partial charge in [-0.2, -0.15) is 0 Å². The largest absolute Gasteiger partial charge is 0.114 e. The smallest absolute Gasteiger partial charge is 0.0901 e. The minimum absolute atomic E-state index is 0.891. The van der Waals surface area contributed by atoms with Gasteiger partial charge in [0, 0.05) is 0 Å². The topological polar surface area (TPSA) is 0 Å². The Morgan fingerprint density at radius 3 is 1.51 bits per heavy atom. The molecule has 0 saturated carbocycles. The van der Waals surface area contributed by atoms with Crippen LogP contribution in [0.15, 0.2) is 115 Å². The van der Waals surface area contributed by atoms with E-state index in [1.54, 1.807) is 0 Å². The maximum Gasteiger partial charge on any atom is 0.114 e. The second kappa shape index (κ2) is 9.79. The lowest BCUT2D eigenvalue weighted by Gasteiger charge is -2.24. The zero-order chi connectivity index (χ0) is 28.2. The molecule has 194 valence electrons. The van der Waals surface area contributed by atoms with E-state index < -0.39 is 0 Å². The van der Waals surface area contributed by atoms with Crippen LogP contribution in [0.2, 0.25) is 0 Å².